The molecule has 4 rings (SSSR count). The molecule has 0 aliphatic rings. The lowest BCUT2D eigenvalue weighted by Gasteiger charge is -2.11. The highest BCUT2D eigenvalue weighted by molar-refractivity contribution is 7.07. The average Bonchev–Trinajstić information content (AvgIpc) is 3.26. The maximum absolute atomic E-state index is 13.9. The summed E-state index contributed by atoms with van der Waals surface area (Å²) in [6, 6.07) is 18.2. The second kappa shape index (κ2) is 11.9. The summed E-state index contributed by atoms with van der Waals surface area (Å²) in [7, 11) is 4.56. The second-order valence-electron chi connectivity index (χ2n) is 9.08. The maximum atomic E-state index is 13.9. The normalized spacial score (nSPS) is 12.0. The van der Waals surface area contributed by atoms with Crippen molar-refractivity contribution in [1.82, 2.24) is 4.57 Å². The van der Waals surface area contributed by atoms with E-state index in [1.54, 1.807) is 36.4 Å². The highest BCUT2D eigenvalue weighted by Gasteiger charge is 2.18. The number of aryl methyl sites for hydroxylation is 3. The molecule has 0 saturated heterocycles. The van der Waals surface area contributed by atoms with Crippen molar-refractivity contribution in [3.05, 3.63) is 96.4 Å². The molecule has 1 N–H and O–H groups in total. The number of carbonyl (C=O) groups excluding carboxylic acids is 1. The molecule has 204 valence electrons. The molecule has 0 bridgehead atoms. The van der Waals surface area contributed by atoms with E-state index >= 15 is 0 Å². The number of nitrogens with one attached hydrogen (secondary N) is 1. The Bertz CT molecular complexity index is 1810. The fourth-order valence-electron chi connectivity index (χ4n) is 4.08. The molecule has 9 heteroatoms. The zero-order chi connectivity index (χ0) is 29.0. The predicted octanol–water partition coefficient (Wildman–Crippen LogP) is 3.99. The predicted molar refractivity (Wildman–Crippen MR) is 157 cm³/mol. The van der Waals surface area contributed by atoms with E-state index in [0.717, 1.165) is 28.0 Å². The largest absolute Gasteiger partial charge is 0.496 e. The number of methoxy groups -OCH3 is 3. The lowest BCUT2D eigenvalue weighted by Crippen LogP contribution is -2.32. The van der Waals surface area contributed by atoms with Gasteiger partial charge >= 0.3 is 0 Å². The van der Waals surface area contributed by atoms with Gasteiger partial charge in [0.15, 0.2) is 17.1 Å². The van der Waals surface area contributed by atoms with E-state index in [9.17, 15) is 14.9 Å². The highest BCUT2D eigenvalue weighted by Crippen LogP contribution is 2.34. The van der Waals surface area contributed by atoms with Crippen LogP contribution in [-0.4, -0.2) is 31.8 Å². The number of carbonyl (C=O) groups is 1. The van der Waals surface area contributed by atoms with Gasteiger partial charge in [-0.1, -0.05) is 23.8 Å². The minimum Gasteiger partial charge on any atom is -0.496 e. The number of aromatic nitrogens is 1. The first-order chi connectivity index (χ1) is 19.2. The lowest BCUT2D eigenvalue weighted by atomic mass is 10.1. The second-order valence-corrected chi connectivity index (χ2v) is 10.1. The van der Waals surface area contributed by atoms with Gasteiger partial charge in [-0.3, -0.25) is 14.2 Å². The van der Waals surface area contributed by atoms with Crippen molar-refractivity contribution in [2.75, 3.05) is 26.6 Å². The SMILES string of the molecule is COc1cc(OC)c(OC)cc1/C=c1\s/c(=C(/C#N)C(=O)Nc2ccc(C)cc2)n(-c2ccc(C)c(C)c2)c1=O. The van der Waals surface area contributed by atoms with Crippen molar-refractivity contribution >= 4 is 34.6 Å². The summed E-state index contributed by atoms with van der Waals surface area (Å²) in [6.07, 6.45) is 1.65. The van der Waals surface area contributed by atoms with Crippen LogP contribution in [0.15, 0.2) is 59.4 Å². The van der Waals surface area contributed by atoms with Gasteiger partial charge in [-0.25, -0.2) is 0 Å². The number of hydrogen-bond donors (Lipinski definition) is 1. The van der Waals surface area contributed by atoms with Crippen molar-refractivity contribution in [1.29, 1.82) is 5.26 Å². The maximum Gasteiger partial charge on any atom is 0.273 e. The molecule has 40 heavy (non-hydrogen) atoms. The first-order valence-corrected chi connectivity index (χ1v) is 13.2. The van der Waals surface area contributed by atoms with Crippen molar-refractivity contribution in [2.24, 2.45) is 0 Å². The number of nitrogens with zero attached hydrogens (tertiary/aromatic N) is 2. The summed E-state index contributed by atoms with van der Waals surface area (Å²) >= 11 is 1.05. The molecule has 0 spiro atoms. The molecule has 0 radical (unpaired) electrons. The topological polar surface area (TPSA) is 103 Å². The third-order valence-corrected chi connectivity index (χ3v) is 7.55. The van der Waals surface area contributed by atoms with E-state index in [2.05, 4.69) is 5.32 Å². The van der Waals surface area contributed by atoms with Crippen LogP contribution in [0.4, 0.5) is 5.69 Å². The molecule has 1 heterocycles. The Labute approximate surface area is 236 Å². The molecule has 0 unspecified atom stereocenters. The molecule has 0 fully saturated rings. The average molecular weight is 556 g/mol. The third-order valence-electron chi connectivity index (χ3n) is 6.46. The van der Waals surface area contributed by atoms with Crippen LogP contribution in [0, 0.1) is 32.1 Å². The van der Waals surface area contributed by atoms with Gasteiger partial charge in [0.1, 0.15) is 16.5 Å². The number of thiazole rings is 1. The minimum atomic E-state index is -0.611. The van der Waals surface area contributed by atoms with Crippen LogP contribution < -0.4 is 34.3 Å². The Morgan fingerprint density at radius 2 is 1.55 bits per heavy atom. The molecule has 0 aliphatic carbocycles. The third kappa shape index (κ3) is 5.63. The molecule has 0 saturated carbocycles. The fourth-order valence-corrected chi connectivity index (χ4v) is 5.17. The zero-order valence-electron chi connectivity index (χ0n) is 23.1. The summed E-state index contributed by atoms with van der Waals surface area (Å²) in [5, 5.41) is 12.9. The number of amides is 1. The van der Waals surface area contributed by atoms with Gasteiger partial charge in [-0.2, -0.15) is 5.26 Å². The molecule has 1 amide bonds. The molecular formula is C31H29N3O5S. The molecule has 3 aromatic carbocycles. The van der Waals surface area contributed by atoms with Gasteiger partial charge in [-0.15, -0.1) is 11.3 Å². The molecule has 0 atom stereocenters. The first kappa shape index (κ1) is 28.2. The number of ether oxygens (including phenoxy) is 3. The Balaban J connectivity index is 2.02. The van der Waals surface area contributed by atoms with Crippen molar-refractivity contribution in [3.63, 3.8) is 0 Å². The van der Waals surface area contributed by atoms with Gasteiger partial charge < -0.3 is 19.5 Å². The van der Waals surface area contributed by atoms with Gasteiger partial charge in [0.05, 0.1) is 31.5 Å². The van der Waals surface area contributed by atoms with E-state index in [0.29, 0.717) is 38.7 Å². The van der Waals surface area contributed by atoms with Crippen LogP contribution in [0.3, 0.4) is 0 Å². The van der Waals surface area contributed by atoms with Gasteiger partial charge in [0.25, 0.3) is 11.5 Å². The van der Waals surface area contributed by atoms with Crippen LogP contribution in [-0.2, 0) is 4.79 Å². The number of nitriles is 1. The standard InChI is InChI=1S/C31H29N3O5S/c1-18-7-10-22(11-8-18)33-29(35)24(17-32)31-34(23-12-9-19(2)20(3)13-23)30(36)28(40-31)15-21-14-26(38-5)27(39-6)16-25(21)37-4/h7-16H,1-6H3,(H,33,35)/b28-15-,31-24-. The van der Waals surface area contributed by atoms with E-state index in [1.165, 1.54) is 25.9 Å². The summed E-state index contributed by atoms with van der Waals surface area (Å²) in [5.41, 5.74) is 4.16. The monoisotopic (exact) mass is 555 g/mol. The minimum absolute atomic E-state index is 0.181. The van der Waals surface area contributed by atoms with E-state index in [1.807, 2.05) is 51.1 Å². The summed E-state index contributed by atoms with van der Waals surface area (Å²) in [6.45, 7) is 5.86. The Morgan fingerprint density at radius 3 is 2.15 bits per heavy atom. The van der Waals surface area contributed by atoms with Crippen molar-refractivity contribution < 1.29 is 19.0 Å². The van der Waals surface area contributed by atoms with Crippen LogP contribution >= 0.6 is 11.3 Å². The van der Waals surface area contributed by atoms with Gasteiger partial charge in [0, 0.05) is 17.3 Å². The van der Waals surface area contributed by atoms with Crippen molar-refractivity contribution in [3.8, 4) is 29.0 Å². The van der Waals surface area contributed by atoms with Crippen LogP contribution in [0.2, 0.25) is 0 Å². The van der Waals surface area contributed by atoms with Crippen LogP contribution in [0.1, 0.15) is 22.3 Å². The van der Waals surface area contributed by atoms with Crippen LogP contribution in [0.25, 0.3) is 17.3 Å². The van der Waals surface area contributed by atoms with E-state index in [4.69, 9.17) is 14.2 Å². The van der Waals surface area contributed by atoms with Crippen molar-refractivity contribution in [2.45, 2.75) is 20.8 Å². The molecule has 1 aromatic heterocycles. The Hall–Kier alpha value is -4.81. The molecule has 8 nitrogen and oxygen atoms in total. The quantitative estimate of drug-likeness (QED) is 0.370. The first-order valence-electron chi connectivity index (χ1n) is 12.3. The number of benzene rings is 3. The van der Waals surface area contributed by atoms with Gasteiger partial charge in [-0.05, 0) is 68.3 Å². The Kier molecular flexibility index (Phi) is 8.41. The van der Waals surface area contributed by atoms with E-state index in [-0.39, 0.29) is 15.8 Å². The number of anilines is 1. The summed E-state index contributed by atoms with van der Waals surface area (Å²) in [5.74, 6) is 0.790. The molecule has 4 aromatic rings. The number of hydrogen-bond acceptors (Lipinski definition) is 7. The molecule has 0 aliphatic heterocycles. The fraction of sp³-hybridized carbons (Fsp3) is 0.194. The smallest absolute Gasteiger partial charge is 0.273 e. The summed E-state index contributed by atoms with van der Waals surface area (Å²) in [4.78, 5) is 27.2. The highest BCUT2D eigenvalue weighted by atomic mass is 32.1. The lowest BCUT2D eigenvalue weighted by molar-refractivity contribution is -0.111. The molecular weight excluding hydrogens is 526 g/mol. The Morgan fingerprint density at radius 1 is 0.900 bits per heavy atom. The number of rotatable bonds is 7. The van der Waals surface area contributed by atoms with Crippen LogP contribution in [0.5, 0.6) is 17.2 Å². The summed E-state index contributed by atoms with van der Waals surface area (Å²) < 4.78 is 18.3. The zero-order valence-corrected chi connectivity index (χ0v) is 23.9. The van der Waals surface area contributed by atoms with E-state index < -0.39 is 5.91 Å². The van der Waals surface area contributed by atoms with Gasteiger partial charge in [0.2, 0.25) is 0 Å².